The number of carbonyl (C=O) groups excluding carboxylic acids is 1. The molecule has 0 heterocycles. The van der Waals surface area contributed by atoms with Crippen LogP contribution in [0, 0.1) is 0 Å². The molecule has 2 N–H and O–H groups in total. The van der Waals surface area contributed by atoms with Crippen molar-refractivity contribution in [3.8, 4) is 5.75 Å². The van der Waals surface area contributed by atoms with Crippen molar-refractivity contribution in [2.24, 2.45) is 0 Å². The number of hydrogen-bond donors (Lipinski definition) is 2. The summed E-state index contributed by atoms with van der Waals surface area (Å²) in [5.74, 6) is -0.480. The lowest BCUT2D eigenvalue weighted by Gasteiger charge is -2.31. The molecule has 128 valence electrons. The Hall–Kier alpha value is -1.76. The first-order chi connectivity index (χ1) is 10.8. The van der Waals surface area contributed by atoms with Crippen LogP contribution in [0.2, 0.25) is 0 Å². The third kappa shape index (κ3) is 5.74. The number of benzene rings is 1. The van der Waals surface area contributed by atoms with Crippen LogP contribution in [0.25, 0.3) is 0 Å². The molecule has 1 aliphatic carbocycles. The minimum atomic E-state index is -4.45. The molecule has 1 aliphatic rings. The van der Waals surface area contributed by atoms with Crippen LogP contribution in [0.1, 0.15) is 38.5 Å². The number of para-hydroxylation sites is 2. The van der Waals surface area contributed by atoms with E-state index in [1.165, 1.54) is 18.2 Å². The minimum Gasteiger partial charge on any atom is -0.482 e. The molecule has 2 rings (SSSR count). The molecule has 4 nitrogen and oxygen atoms in total. The maximum Gasteiger partial charge on any atom is 0.422 e. The summed E-state index contributed by atoms with van der Waals surface area (Å²) in [6.45, 7) is -1.43. The van der Waals surface area contributed by atoms with Crippen molar-refractivity contribution in [2.45, 2.75) is 50.3 Å². The molecule has 1 saturated carbocycles. The molecular weight excluding hydrogens is 311 g/mol. The summed E-state index contributed by atoms with van der Waals surface area (Å²) in [6.07, 6.45) is -0.615. The van der Waals surface area contributed by atoms with Crippen molar-refractivity contribution in [3.05, 3.63) is 24.3 Å². The molecule has 1 aromatic rings. The summed E-state index contributed by atoms with van der Waals surface area (Å²) in [6, 6.07) is 5.94. The summed E-state index contributed by atoms with van der Waals surface area (Å²) < 4.78 is 41.5. The van der Waals surface area contributed by atoms with Crippen molar-refractivity contribution in [2.75, 3.05) is 11.9 Å². The Balaban J connectivity index is 1.97. The van der Waals surface area contributed by atoms with Crippen LogP contribution < -0.4 is 10.1 Å². The maximum atomic E-state index is 12.2. The fourth-order valence-corrected chi connectivity index (χ4v) is 2.74. The van der Waals surface area contributed by atoms with Crippen LogP contribution in [0.15, 0.2) is 24.3 Å². The van der Waals surface area contributed by atoms with Gasteiger partial charge in [-0.3, -0.25) is 4.79 Å². The quantitative estimate of drug-likeness (QED) is 0.866. The molecule has 23 heavy (non-hydrogen) atoms. The predicted octanol–water partition coefficient (Wildman–Crippen LogP) is 3.65. The van der Waals surface area contributed by atoms with E-state index >= 15 is 0 Å². The van der Waals surface area contributed by atoms with Gasteiger partial charge in [0.25, 0.3) is 0 Å². The second kappa shape index (κ2) is 7.21. The Bertz CT molecular complexity index is 540. The average Bonchev–Trinajstić information content (AvgIpc) is 2.45. The number of nitrogens with one attached hydrogen (secondary N) is 1. The number of anilines is 1. The van der Waals surface area contributed by atoms with Gasteiger partial charge in [0.15, 0.2) is 6.61 Å². The SMILES string of the molecule is O=C(CC1(O)CCCCC1)Nc1ccccc1OCC(F)(F)F. The third-order valence-electron chi connectivity index (χ3n) is 3.83. The van der Waals surface area contributed by atoms with E-state index in [0.717, 1.165) is 19.3 Å². The van der Waals surface area contributed by atoms with E-state index in [-0.39, 0.29) is 17.9 Å². The van der Waals surface area contributed by atoms with E-state index in [0.29, 0.717) is 12.8 Å². The Morgan fingerprint density at radius 2 is 1.87 bits per heavy atom. The van der Waals surface area contributed by atoms with E-state index in [9.17, 15) is 23.1 Å². The van der Waals surface area contributed by atoms with Gasteiger partial charge in [0.1, 0.15) is 5.75 Å². The van der Waals surface area contributed by atoms with Crippen LogP contribution in [-0.2, 0) is 4.79 Å². The molecular formula is C16H20F3NO3. The van der Waals surface area contributed by atoms with Gasteiger partial charge in [0.2, 0.25) is 5.91 Å². The number of rotatable bonds is 5. The fraction of sp³-hybridized carbons (Fsp3) is 0.562. The van der Waals surface area contributed by atoms with Gasteiger partial charge in [-0.2, -0.15) is 13.2 Å². The second-order valence-electron chi connectivity index (χ2n) is 5.91. The number of halogens is 3. The lowest BCUT2D eigenvalue weighted by Crippen LogP contribution is -2.36. The van der Waals surface area contributed by atoms with Crippen LogP contribution in [0.5, 0.6) is 5.75 Å². The molecule has 1 fully saturated rings. The second-order valence-corrected chi connectivity index (χ2v) is 5.91. The first kappa shape index (κ1) is 17.6. The molecule has 0 atom stereocenters. The van der Waals surface area contributed by atoms with Gasteiger partial charge >= 0.3 is 6.18 Å². The standard InChI is InChI=1S/C16H20F3NO3/c17-16(18,19)11-23-13-7-3-2-6-12(13)20-14(21)10-15(22)8-4-1-5-9-15/h2-3,6-7,22H,1,4-5,8-11H2,(H,20,21). The molecule has 1 amide bonds. The van der Waals surface area contributed by atoms with Gasteiger partial charge in [0, 0.05) is 0 Å². The van der Waals surface area contributed by atoms with Crippen molar-refractivity contribution in [1.29, 1.82) is 0 Å². The van der Waals surface area contributed by atoms with Crippen molar-refractivity contribution in [3.63, 3.8) is 0 Å². The van der Waals surface area contributed by atoms with Gasteiger partial charge in [-0.1, -0.05) is 31.4 Å². The highest BCUT2D eigenvalue weighted by atomic mass is 19.4. The Labute approximate surface area is 132 Å². The summed E-state index contributed by atoms with van der Waals surface area (Å²) in [4.78, 5) is 12.1. The molecule has 0 spiro atoms. The number of amides is 1. The molecule has 0 unspecified atom stereocenters. The number of carbonyl (C=O) groups is 1. The minimum absolute atomic E-state index is 0.0474. The molecule has 1 aromatic carbocycles. The molecule has 0 saturated heterocycles. The first-order valence-corrected chi connectivity index (χ1v) is 7.58. The van der Waals surface area contributed by atoms with Crippen LogP contribution >= 0.6 is 0 Å². The lowest BCUT2D eigenvalue weighted by atomic mass is 9.82. The number of ether oxygens (including phenoxy) is 1. The van der Waals surface area contributed by atoms with Crippen LogP contribution in [0.4, 0.5) is 18.9 Å². The summed E-state index contributed by atoms with van der Waals surface area (Å²) in [7, 11) is 0. The normalized spacial score (nSPS) is 17.6. The highest BCUT2D eigenvalue weighted by Crippen LogP contribution is 2.32. The number of aliphatic hydroxyl groups is 1. The molecule has 0 aliphatic heterocycles. The van der Waals surface area contributed by atoms with Gasteiger partial charge in [-0.15, -0.1) is 0 Å². The molecule has 0 radical (unpaired) electrons. The number of hydrogen-bond acceptors (Lipinski definition) is 3. The highest BCUT2D eigenvalue weighted by molar-refractivity contribution is 5.92. The average molecular weight is 331 g/mol. The van der Waals surface area contributed by atoms with Gasteiger partial charge in [0.05, 0.1) is 17.7 Å². The number of alkyl halides is 3. The predicted molar refractivity (Wildman–Crippen MR) is 79.3 cm³/mol. The van der Waals surface area contributed by atoms with Crippen molar-refractivity contribution >= 4 is 11.6 Å². The van der Waals surface area contributed by atoms with E-state index in [1.807, 2.05) is 0 Å². The van der Waals surface area contributed by atoms with Crippen molar-refractivity contribution in [1.82, 2.24) is 0 Å². The van der Waals surface area contributed by atoms with E-state index in [2.05, 4.69) is 5.32 Å². The molecule has 0 aromatic heterocycles. The smallest absolute Gasteiger partial charge is 0.422 e. The van der Waals surface area contributed by atoms with Crippen LogP contribution in [0.3, 0.4) is 0 Å². The zero-order valence-corrected chi connectivity index (χ0v) is 12.7. The van der Waals surface area contributed by atoms with Gasteiger partial charge in [-0.25, -0.2) is 0 Å². The highest BCUT2D eigenvalue weighted by Gasteiger charge is 2.32. The van der Waals surface area contributed by atoms with Crippen LogP contribution in [-0.4, -0.2) is 29.4 Å². The maximum absolute atomic E-state index is 12.2. The van der Waals surface area contributed by atoms with E-state index in [1.54, 1.807) is 6.07 Å². The Morgan fingerprint density at radius 1 is 1.22 bits per heavy atom. The van der Waals surface area contributed by atoms with E-state index in [4.69, 9.17) is 4.74 Å². The van der Waals surface area contributed by atoms with Crippen molar-refractivity contribution < 1.29 is 27.8 Å². The molecule has 0 bridgehead atoms. The Kier molecular flexibility index (Phi) is 5.51. The van der Waals surface area contributed by atoms with Gasteiger partial charge < -0.3 is 15.2 Å². The van der Waals surface area contributed by atoms with E-state index < -0.39 is 24.3 Å². The summed E-state index contributed by atoms with van der Waals surface area (Å²) >= 11 is 0. The monoisotopic (exact) mass is 331 g/mol. The lowest BCUT2D eigenvalue weighted by molar-refractivity contribution is -0.153. The molecule has 7 heteroatoms. The summed E-state index contributed by atoms with van der Waals surface area (Å²) in [5.41, 5.74) is -0.856. The van der Waals surface area contributed by atoms with Gasteiger partial charge in [-0.05, 0) is 25.0 Å². The largest absolute Gasteiger partial charge is 0.482 e. The third-order valence-corrected chi connectivity index (χ3v) is 3.83. The first-order valence-electron chi connectivity index (χ1n) is 7.58. The topological polar surface area (TPSA) is 58.6 Å². The zero-order valence-electron chi connectivity index (χ0n) is 12.7. The summed E-state index contributed by atoms with van der Waals surface area (Å²) in [5, 5.41) is 12.9. The zero-order chi connectivity index (χ0) is 16.9. The Morgan fingerprint density at radius 3 is 2.52 bits per heavy atom. The fourth-order valence-electron chi connectivity index (χ4n) is 2.74.